The van der Waals surface area contributed by atoms with Crippen molar-refractivity contribution in [1.82, 2.24) is 15.1 Å². The van der Waals surface area contributed by atoms with E-state index in [0.717, 1.165) is 17.0 Å². The van der Waals surface area contributed by atoms with Gasteiger partial charge in [0.1, 0.15) is 0 Å². The van der Waals surface area contributed by atoms with E-state index in [4.69, 9.17) is 5.11 Å². The largest absolute Gasteiger partial charge is 0.481 e. The predicted molar refractivity (Wildman–Crippen MR) is 86.4 cm³/mol. The molecule has 0 fully saturated rings. The van der Waals surface area contributed by atoms with Gasteiger partial charge < -0.3 is 10.4 Å². The van der Waals surface area contributed by atoms with Crippen LogP contribution in [0.3, 0.4) is 0 Å². The number of aromatic nitrogens is 2. The summed E-state index contributed by atoms with van der Waals surface area (Å²) in [5, 5.41) is 15.8. The van der Waals surface area contributed by atoms with Gasteiger partial charge in [0, 0.05) is 17.3 Å². The Morgan fingerprint density at radius 3 is 2.65 bits per heavy atom. The van der Waals surface area contributed by atoms with E-state index in [1.165, 1.54) is 0 Å². The van der Waals surface area contributed by atoms with Crippen molar-refractivity contribution < 1.29 is 14.7 Å². The number of nitrogens with one attached hydrogen (secondary N) is 1. The lowest BCUT2D eigenvalue weighted by Crippen LogP contribution is -2.34. The molecule has 23 heavy (non-hydrogen) atoms. The number of hydrogen-bond donors (Lipinski definition) is 2. The molecule has 1 unspecified atom stereocenters. The molecular weight excluding hydrogens is 294 g/mol. The Morgan fingerprint density at radius 2 is 2.04 bits per heavy atom. The third-order valence-electron chi connectivity index (χ3n) is 3.48. The molecule has 2 aromatic rings. The van der Waals surface area contributed by atoms with Crippen LogP contribution in [0.1, 0.15) is 40.7 Å². The molecule has 0 aliphatic heterocycles. The van der Waals surface area contributed by atoms with Gasteiger partial charge in [-0.1, -0.05) is 12.1 Å². The molecule has 0 saturated heterocycles. The molecule has 1 heterocycles. The van der Waals surface area contributed by atoms with Crippen LogP contribution >= 0.6 is 0 Å². The lowest BCUT2D eigenvalue weighted by Gasteiger charge is -2.12. The number of carboxylic acid groups (broad SMARTS) is 1. The molecule has 0 spiro atoms. The number of hydrogen-bond acceptors (Lipinski definition) is 3. The van der Waals surface area contributed by atoms with Gasteiger partial charge in [-0.05, 0) is 44.5 Å². The predicted octanol–water partition coefficient (Wildman–Crippen LogP) is 2.14. The van der Waals surface area contributed by atoms with Gasteiger partial charge >= 0.3 is 5.97 Å². The summed E-state index contributed by atoms with van der Waals surface area (Å²) in [6, 6.07) is 8.86. The van der Waals surface area contributed by atoms with Gasteiger partial charge in [0.25, 0.3) is 5.91 Å². The minimum absolute atomic E-state index is 0.100. The van der Waals surface area contributed by atoms with Gasteiger partial charge in [0.15, 0.2) is 0 Å². The van der Waals surface area contributed by atoms with Crippen LogP contribution in [0.2, 0.25) is 0 Å². The SMILES string of the molecule is Cc1cc(C)n(Cc2cccc(C(=O)NC(C)CC(=O)O)c2)n1. The van der Waals surface area contributed by atoms with Crippen LogP contribution in [0.15, 0.2) is 30.3 Å². The molecule has 6 nitrogen and oxygen atoms in total. The van der Waals surface area contributed by atoms with Crippen molar-refractivity contribution in [1.29, 1.82) is 0 Å². The van der Waals surface area contributed by atoms with E-state index < -0.39 is 12.0 Å². The minimum atomic E-state index is -0.934. The number of nitrogens with zero attached hydrogens (tertiary/aromatic N) is 2. The second-order valence-corrected chi connectivity index (χ2v) is 5.76. The van der Waals surface area contributed by atoms with E-state index in [1.807, 2.05) is 36.7 Å². The van der Waals surface area contributed by atoms with Crippen LogP contribution in [-0.2, 0) is 11.3 Å². The fourth-order valence-electron chi connectivity index (χ4n) is 2.44. The van der Waals surface area contributed by atoms with Crippen molar-refractivity contribution in [3.8, 4) is 0 Å². The third kappa shape index (κ3) is 4.67. The first kappa shape index (κ1) is 16.7. The lowest BCUT2D eigenvalue weighted by atomic mass is 10.1. The fraction of sp³-hybridized carbons (Fsp3) is 0.353. The van der Waals surface area contributed by atoms with Crippen LogP contribution in [0.5, 0.6) is 0 Å². The number of carbonyl (C=O) groups is 2. The Morgan fingerprint density at radius 1 is 1.30 bits per heavy atom. The maximum absolute atomic E-state index is 12.2. The zero-order valence-corrected chi connectivity index (χ0v) is 13.5. The average molecular weight is 315 g/mol. The average Bonchev–Trinajstić information content (AvgIpc) is 2.76. The Hall–Kier alpha value is -2.63. The van der Waals surface area contributed by atoms with Crippen LogP contribution in [-0.4, -0.2) is 32.8 Å². The van der Waals surface area contributed by atoms with Crippen molar-refractivity contribution in [2.24, 2.45) is 0 Å². The van der Waals surface area contributed by atoms with Gasteiger partial charge in [-0.25, -0.2) is 0 Å². The number of rotatable bonds is 6. The van der Waals surface area contributed by atoms with E-state index in [2.05, 4.69) is 10.4 Å². The van der Waals surface area contributed by atoms with Crippen LogP contribution in [0, 0.1) is 13.8 Å². The minimum Gasteiger partial charge on any atom is -0.481 e. The maximum atomic E-state index is 12.2. The molecule has 1 aromatic heterocycles. The summed E-state index contributed by atoms with van der Waals surface area (Å²) in [7, 11) is 0. The van der Waals surface area contributed by atoms with Crippen molar-refractivity contribution in [3.63, 3.8) is 0 Å². The van der Waals surface area contributed by atoms with Gasteiger partial charge in [-0.15, -0.1) is 0 Å². The summed E-state index contributed by atoms with van der Waals surface area (Å²) in [5.41, 5.74) is 3.50. The van der Waals surface area contributed by atoms with Crippen molar-refractivity contribution in [2.45, 2.75) is 39.8 Å². The Labute approximate surface area is 135 Å². The van der Waals surface area contributed by atoms with Gasteiger partial charge in [-0.3, -0.25) is 14.3 Å². The Kier molecular flexibility index (Phi) is 5.16. The molecule has 122 valence electrons. The summed E-state index contributed by atoms with van der Waals surface area (Å²) in [6.45, 7) is 6.19. The van der Waals surface area contributed by atoms with Crippen molar-refractivity contribution >= 4 is 11.9 Å². The number of carboxylic acids is 1. The topological polar surface area (TPSA) is 84.2 Å². The first-order valence-electron chi connectivity index (χ1n) is 7.48. The van der Waals surface area contributed by atoms with E-state index >= 15 is 0 Å². The van der Waals surface area contributed by atoms with Gasteiger partial charge in [0.05, 0.1) is 18.7 Å². The first-order valence-corrected chi connectivity index (χ1v) is 7.48. The molecular formula is C17H21N3O3. The standard InChI is InChI=1S/C17H21N3O3/c1-11(8-16(21)22)18-17(23)15-6-4-5-14(9-15)10-20-13(3)7-12(2)19-20/h4-7,9,11H,8,10H2,1-3H3,(H,18,23)(H,21,22). The Balaban J connectivity index is 2.08. The highest BCUT2D eigenvalue weighted by Gasteiger charge is 2.13. The first-order chi connectivity index (χ1) is 10.8. The highest BCUT2D eigenvalue weighted by Crippen LogP contribution is 2.10. The van der Waals surface area contributed by atoms with E-state index in [9.17, 15) is 9.59 Å². The van der Waals surface area contributed by atoms with Gasteiger partial charge in [0.2, 0.25) is 0 Å². The molecule has 2 rings (SSSR count). The highest BCUT2D eigenvalue weighted by atomic mass is 16.4. The van der Waals surface area contributed by atoms with E-state index in [-0.39, 0.29) is 12.3 Å². The molecule has 1 atom stereocenters. The molecule has 0 bridgehead atoms. The summed E-state index contributed by atoms with van der Waals surface area (Å²) >= 11 is 0. The lowest BCUT2D eigenvalue weighted by molar-refractivity contribution is -0.137. The molecule has 0 aliphatic rings. The number of amides is 1. The quantitative estimate of drug-likeness (QED) is 0.855. The number of benzene rings is 1. The molecule has 0 saturated carbocycles. The second kappa shape index (κ2) is 7.09. The van der Waals surface area contributed by atoms with Crippen LogP contribution < -0.4 is 5.32 Å². The van der Waals surface area contributed by atoms with E-state index in [0.29, 0.717) is 12.1 Å². The summed E-state index contributed by atoms with van der Waals surface area (Å²) < 4.78 is 1.89. The fourth-order valence-corrected chi connectivity index (χ4v) is 2.44. The van der Waals surface area contributed by atoms with Crippen LogP contribution in [0.25, 0.3) is 0 Å². The number of aliphatic carboxylic acids is 1. The van der Waals surface area contributed by atoms with Crippen LogP contribution in [0.4, 0.5) is 0 Å². The number of carbonyl (C=O) groups excluding carboxylic acids is 1. The molecule has 6 heteroatoms. The molecule has 0 radical (unpaired) electrons. The van der Waals surface area contributed by atoms with E-state index in [1.54, 1.807) is 19.1 Å². The number of aryl methyl sites for hydroxylation is 2. The molecule has 1 aromatic carbocycles. The summed E-state index contributed by atoms with van der Waals surface area (Å²) in [5.74, 6) is -1.20. The summed E-state index contributed by atoms with van der Waals surface area (Å²) in [6.07, 6.45) is -0.100. The van der Waals surface area contributed by atoms with Crippen molar-refractivity contribution in [2.75, 3.05) is 0 Å². The Bertz CT molecular complexity index is 722. The second-order valence-electron chi connectivity index (χ2n) is 5.76. The molecule has 2 N–H and O–H groups in total. The zero-order valence-electron chi connectivity index (χ0n) is 13.5. The third-order valence-corrected chi connectivity index (χ3v) is 3.48. The zero-order chi connectivity index (χ0) is 17.0. The van der Waals surface area contributed by atoms with Crippen molar-refractivity contribution in [3.05, 3.63) is 52.8 Å². The molecule has 1 amide bonds. The molecule has 0 aliphatic carbocycles. The monoisotopic (exact) mass is 315 g/mol. The summed E-state index contributed by atoms with van der Waals surface area (Å²) in [4.78, 5) is 22.8. The maximum Gasteiger partial charge on any atom is 0.305 e. The van der Waals surface area contributed by atoms with Gasteiger partial charge in [-0.2, -0.15) is 5.10 Å². The highest BCUT2D eigenvalue weighted by molar-refractivity contribution is 5.94. The smallest absolute Gasteiger partial charge is 0.305 e. The normalized spacial score (nSPS) is 12.0.